The van der Waals surface area contributed by atoms with Gasteiger partial charge in [0.2, 0.25) is 0 Å². The number of hydrogen-bond acceptors (Lipinski definition) is 12. The van der Waals surface area contributed by atoms with Gasteiger partial charge >= 0.3 is 6.09 Å². The number of nitrogens with zero attached hydrogens (tertiary/aromatic N) is 2. The van der Waals surface area contributed by atoms with Crippen LogP contribution in [-0.4, -0.2) is 176 Å². The summed E-state index contributed by atoms with van der Waals surface area (Å²) in [5.74, 6) is 0.0414. The molecule has 288 valence electrons. The fourth-order valence-electron chi connectivity index (χ4n) is 5.11. The molecule has 0 radical (unpaired) electrons. The van der Waals surface area contributed by atoms with Crippen molar-refractivity contribution >= 4 is 6.09 Å². The quantitative estimate of drug-likeness (QED) is 0.103. The van der Waals surface area contributed by atoms with Crippen molar-refractivity contribution < 1.29 is 52.2 Å². The second kappa shape index (κ2) is 27.9. The summed E-state index contributed by atoms with van der Waals surface area (Å²) in [6, 6.07) is 16.6. The summed E-state index contributed by atoms with van der Waals surface area (Å²) in [5, 5.41) is 0. The maximum absolute atomic E-state index is 12.6. The minimum absolute atomic E-state index is 0.0414. The lowest BCUT2D eigenvalue weighted by molar-refractivity contribution is -0.0253. The Bertz CT molecular complexity index is 1130. The molecule has 1 aliphatic carbocycles. The summed E-state index contributed by atoms with van der Waals surface area (Å²) in [7, 11) is 5.75. The summed E-state index contributed by atoms with van der Waals surface area (Å²) in [5.41, 5.74) is 4.81. The zero-order valence-electron chi connectivity index (χ0n) is 30.9. The highest BCUT2D eigenvalue weighted by Gasteiger charge is 2.29. The molecule has 13 heteroatoms. The Kier molecular flexibility index (Phi) is 23.4. The third-order valence-corrected chi connectivity index (χ3v) is 7.88. The molecule has 0 aromatic heterocycles. The first-order chi connectivity index (χ1) is 25.1. The summed E-state index contributed by atoms with van der Waals surface area (Å²) in [6.45, 7) is 10.9. The van der Waals surface area contributed by atoms with Crippen molar-refractivity contribution in [2.75, 3.05) is 160 Å². The fourth-order valence-corrected chi connectivity index (χ4v) is 5.11. The molecule has 3 rings (SSSR count). The SMILES string of the molecule is CN(C)CCOCCOCCOCCOCCOCCOCCOCCOCCOCCN(C)C(=O)OCC1c2ccccc2-c2ccccc21. The third kappa shape index (κ3) is 18.6. The lowest BCUT2D eigenvalue weighted by Gasteiger charge is -2.19. The van der Waals surface area contributed by atoms with E-state index in [4.69, 9.17) is 47.4 Å². The largest absolute Gasteiger partial charge is 0.448 e. The van der Waals surface area contributed by atoms with E-state index in [1.54, 1.807) is 7.05 Å². The number of rotatable bonds is 32. The Morgan fingerprint density at radius 2 is 0.784 bits per heavy atom. The number of ether oxygens (including phenoxy) is 10. The van der Waals surface area contributed by atoms with Crippen LogP contribution in [0.5, 0.6) is 0 Å². The van der Waals surface area contributed by atoms with Crippen LogP contribution in [-0.2, 0) is 47.4 Å². The first kappa shape index (κ1) is 42.7. The minimum Gasteiger partial charge on any atom is -0.448 e. The maximum atomic E-state index is 12.6. The van der Waals surface area contributed by atoms with Gasteiger partial charge in [0.05, 0.1) is 119 Å². The molecule has 2 aromatic carbocycles. The highest BCUT2D eigenvalue weighted by Crippen LogP contribution is 2.44. The predicted molar refractivity (Wildman–Crippen MR) is 194 cm³/mol. The van der Waals surface area contributed by atoms with Crippen molar-refractivity contribution in [3.05, 3.63) is 59.7 Å². The summed E-state index contributed by atoms with van der Waals surface area (Å²) in [6.07, 6.45) is -0.362. The van der Waals surface area contributed by atoms with Crippen LogP contribution in [0, 0.1) is 0 Å². The zero-order chi connectivity index (χ0) is 36.2. The topological polar surface area (TPSA) is 116 Å². The van der Waals surface area contributed by atoms with Crippen LogP contribution < -0.4 is 0 Å². The molecule has 1 aliphatic rings. The van der Waals surface area contributed by atoms with E-state index in [1.165, 1.54) is 27.2 Å². The molecule has 1 amide bonds. The van der Waals surface area contributed by atoms with Crippen LogP contribution in [0.2, 0.25) is 0 Å². The monoisotopic (exact) mass is 720 g/mol. The molecule has 0 saturated heterocycles. The molecule has 0 heterocycles. The van der Waals surface area contributed by atoms with Gasteiger partial charge in [0, 0.05) is 26.1 Å². The van der Waals surface area contributed by atoms with E-state index in [0.717, 1.165) is 6.54 Å². The van der Waals surface area contributed by atoms with Gasteiger partial charge < -0.3 is 57.2 Å². The van der Waals surface area contributed by atoms with Gasteiger partial charge in [-0.2, -0.15) is 0 Å². The van der Waals surface area contributed by atoms with Gasteiger partial charge in [0.1, 0.15) is 6.61 Å². The van der Waals surface area contributed by atoms with Crippen LogP contribution in [0.25, 0.3) is 11.1 Å². The number of hydrogen-bond donors (Lipinski definition) is 0. The minimum atomic E-state index is -0.362. The first-order valence-corrected chi connectivity index (χ1v) is 18.0. The van der Waals surface area contributed by atoms with Gasteiger partial charge in [-0.1, -0.05) is 48.5 Å². The average molecular weight is 721 g/mol. The number of carbonyl (C=O) groups excluding carboxylic acids is 1. The lowest BCUT2D eigenvalue weighted by atomic mass is 9.98. The van der Waals surface area contributed by atoms with Crippen molar-refractivity contribution in [2.45, 2.75) is 5.92 Å². The molecular weight excluding hydrogens is 660 g/mol. The van der Waals surface area contributed by atoms with Gasteiger partial charge in [-0.25, -0.2) is 4.79 Å². The molecular formula is C38H60N2O11. The second-order valence-electron chi connectivity index (χ2n) is 12.0. The molecule has 0 bridgehead atoms. The Morgan fingerprint density at radius 3 is 1.14 bits per heavy atom. The van der Waals surface area contributed by atoms with E-state index in [9.17, 15) is 4.79 Å². The smallest absolute Gasteiger partial charge is 0.409 e. The number of amides is 1. The Labute approximate surface area is 304 Å². The molecule has 51 heavy (non-hydrogen) atoms. The Morgan fingerprint density at radius 1 is 0.471 bits per heavy atom. The van der Waals surface area contributed by atoms with E-state index in [0.29, 0.717) is 132 Å². The van der Waals surface area contributed by atoms with E-state index in [1.807, 2.05) is 38.4 Å². The first-order valence-electron chi connectivity index (χ1n) is 18.0. The van der Waals surface area contributed by atoms with Gasteiger partial charge in [0.15, 0.2) is 0 Å². The maximum Gasteiger partial charge on any atom is 0.409 e. The molecule has 0 spiro atoms. The Hall–Kier alpha value is -2.69. The molecule has 2 aromatic rings. The summed E-state index contributed by atoms with van der Waals surface area (Å²) < 4.78 is 55.2. The van der Waals surface area contributed by atoms with Gasteiger partial charge in [-0.05, 0) is 36.3 Å². The van der Waals surface area contributed by atoms with Gasteiger partial charge in [-0.3, -0.25) is 0 Å². The average Bonchev–Trinajstić information content (AvgIpc) is 3.46. The normalized spacial score (nSPS) is 12.4. The van der Waals surface area contributed by atoms with Crippen molar-refractivity contribution in [1.29, 1.82) is 0 Å². The van der Waals surface area contributed by atoms with E-state index >= 15 is 0 Å². The zero-order valence-corrected chi connectivity index (χ0v) is 30.9. The molecule has 0 saturated carbocycles. The lowest BCUT2D eigenvalue weighted by Crippen LogP contribution is -2.32. The number of benzene rings is 2. The standard InChI is InChI=1S/C38H60N2O11/c1-39(2)12-14-42-16-18-44-20-22-46-24-26-48-28-30-50-31-29-49-27-25-47-23-21-45-19-17-43-15-13-40(3)38(41)51-32-37-35-10-6-4-8-33(35)34-9-5-7-11-36(34)37/h4-11,37H,12-32H2,1-3H3. The van der Waals surface area contributed by atoms with Crippen LogP contribution in [0.15, 0.2) is 48.5 Å². The van der Waals surface area contributed by atoms with E-state index < -0.39 is 0 Å². The van der Waals surface area contributed by atoms with E-state index in [2.05, 4.69) is 29.2 Å². The van der Waals surface area contributed by atoms with Gasteiger partial charge in [0.25, 0.3) is 0 Å². The highest BCUT2D eigenvalue weighted by molar-refractivity contribution is 5.79. The Balaban J connectivity index is 0.997. The van der Waals surface area contributed by atoms with Crippen molar-refractivity contribution in [2.24, 2.45) is 0 Å². The molecule has 13 nitrogen and oxygen atoms in total. The van der Waals surface area contributed by atoms with Crippen molar-refractivity contribution in [3.63, 3.8) is 0 Å². The number of likely N-dealkylation sites (N-methyl/N-ethyl adjacent to an activating group) is 2. The predicted octanol–water partition coefficient (Wildman–Crippen LogP) is 3.58. The van der Waals surface area contributed by atoms with E-state index in [-0.39, 0.29) is 12.0 Å². The summed E-state index contributed by atoms with van der Waals surface area (Å²) >= 11 is 0. The number of carbonyl (C=O) groups is 1. The molecule has 0 aliphatic heterocycles. The van der Waals surface area contributed by atoms with Crippen LogP contribution >= 0.6 is 0 Å². The molecule has 0 N–H and O–H groups in total. The number of fused-ring (bicyclic) bond motifs is 3. The second-order valence-corrected chi connectivity index (χ2v) is 12.0. The molecule has 0 fully saturated rings. The summed E-state index contributed by atoms with van der Waals surface area (Å²) in [4.78, 5) is 16.2. The molecule has 0 atom stereocenters. The van der Waals surface area contributed by atoms with Gasteiger partial charge in [-0.15, -0.1) is 0 Å². The van der Waals surface area contributed by atoms with Crippen LogP contribution in [0.1, 0.15) is 17.0 Å². The van der Waals surface area contributed by atoms with Crippen molar-refractivity contribution in [1.82, 2.24) is 9.80 Å². The van der Waals surface area contributed by atoms with Crippen molar-refractivity contribution in [3.8, 4) is 11.1 Å². The third-order valence-electron chi connectivity index (χ3n) is 7.88. The fraction of sp³-hybridized carbons (Fsp3) is 0.658. The molecule has 0 unspecified atom stereocenters. The highest BCUT2D eigenvalue weighted by atomic mass is 16.6. The van der Waals surface area contributed by atoms with Crippen LogP contribution in [0.4, 0.5) is 4.79 Å². The van der Waals surface area contributed by atoms with Crippen LogP contribution in [0.3, 0.4) is 0 Å².